The molecule has 2 unspecified atom stereocenters. The summed E-state index contributed by atoms with van der Waals surface area (Å²) in [6.45, 7) is 5.81. The van der Waals surface area contributed by atoms with Gasteiger partial charge in [-0.1, -0.05) is 0 Å². The van der Waals surface area contributed by atoms with E-state index in [0.717, 1.165) is 31.2 Å². The van der Waals surface area contributed by atoms with Crippen LogP contribution in [0.25, 0.3) is 17.2 Å². The molecule has 0 bridgehead atoms. The first-order chi connectivity index (χ1) is 12.8. The van der Waals surface area contributed by atoms with E-state index < -0.39 is 11.7 Å². The Labute approximate surface area is 154 Å². The number of imidazole rings is 1. The Morgan fingerprint density at radius 2 is 1.81 bits per heavy atom. The Morgan fingerprint density at radius 1 is 1.07 bits per heavy atom. The normalized spacial score (nSPS) is 21.0. The first-order valence-corrected chi connectivity index (χ1v) is 8.70. The molecule has 1 aliphatic heterocycles. The summed E-state index contributed by atoms with van der Waals surface area (Å²) in [5.41, 5.74) is 0.0979. The molecule has 3 aromatic heterocycles. The van der Waals surface area contributed by atoms with Gasteiger partial charge in [0.05, 0.1) is 11.8 Å². The zero-order valence-corrected chi connectivity index (χ0v) is 14.9. The standard InChI is InChI=1S/C18H19F3N6/c1-11-8-26(9-12(2)24-11)16-5-6-22-17(25-16)14-7-23-15-4-3-13(10-27(14)15)18(19,20)21/h3-7,10-12,24H,8-9H2,1-2H3. The van der Waals surface area contributed by atoms with Gasteiger partial charge in [-0.2, -0.15) is 13.2 Å². The van der Waals surface area contributed by atoms with Crippen LogP contribution in [0.5, 0.6) is 0 Å². The summed E-state index contributed by atoms with van der Waals surface area (Å²) in [7, 11) is 0. The topological polar surface area (TPSA) is 58.4 Å². The van der Waals surface area contributed by atoms with Crippen molar-refractivity contribution in [3.8, 4) is 11.5 Å². The van der Waals surface area contributed by atoms with Crippen LogP contribution in [0.3, 0.4) is 0 Å². The fraction of sp³-hybridized carbons (Fsp3) is 0.389. The Hall–Kier alpha value is -2.68. The average molecular weight is 376 g/mol. The highest BCUT2D eigenvalue weighted by Gasteiger charge is 2.31. The minimum absolute atomic E-state index is 0.317. The highest BCUT2D eigenvalue weighted by Crippen LogP contribution is 2.30. The van der Waals surface area contributed by atoms with Gasteiger partial charge < -0.3 is 10.2 Å². The molecule has 0 spiro atoms. The third kappa shape index (κ3) is 3.46. The van der Waals surface area contributed by atoms with Crippen molar-refractivity contribution in [3.05, 3.63) is 42.4 Å². The van der Waals surface area contributed by atoms with Gasteiger partial charge in [0.1, 0.15) is 17.2 Å². The maximum absolute atomic E-state index is 13.1. The number of halogens is 3. The number of hydrogen-bond donors (Lipinski definition) is 1. The number of fused-ring (bicyclic) bond motifs is 1. The van der Waals surface area contributed by atoms with Gasteiger partial charge >= 0.3 is 6.18 Å². The van der Waals surface area contributed by atoms with Gasteiger partial charge in [-0.3, -0.25) is 4.40 Å². The van der Waals surface area contributed by atoms with Gasteiger partial charge in [-0.25, -0.2) is 15.0 Å². The molecule has 4 rings (SSSR count). The molecule has 142 valence electrons. The van der Waals surface area contributed by atoms with Crippen LogP contribution in [-0.2, 0) is 6.18 Å². The van der Waals surface area contributed by atoms with Crippen LogP contribution >= 0.6 is 0 Å². The third-order valence-electron chi connectivity index (χ3n) is 4.58. The van der Waals surface area contributed by atoms with E-state index in [0.29, 0.717) is 29.2 Å². The lowest BCUT2D eigenvalue weighted by Crippen LogP contribution is -2.54. The van der Waals surface area contributed by atoms with Crippen LogP contribution in [-0.4, -0.2) is 44.5 Å². The van der Waals surface area contributed by atoms with Gasteiger partial charge in [0, 0.05) is 37.6 Å². The van der Waals surface area contributed by atoms with E-state index in [1.165, 1.54) is 16.7 Å². The van der Waals surface area contributed by atoms with Gasteiger partial charge in [-0.15, -0.1) is 0 Å². The van der Waals surface area contributed by atoms with Crippen LogP contribution in [0, 0.1) is 0 Å². The smallest absolute Gasteiger partial charge is 0.353 e. The minimum atomic E-state index is -4.43. The van der Waals surface area contributed by atoms with E-state index in [2.05, 4.69) is 39.0 Å². The molecule has 1 fully saturated rings. The first kappa shape index (κ1) is 17.7. The fourth-order valence-corrected chi connectivity index (χ4v) is 3.48. The van der Waals surface area contributed by atoms with Gasteiger partial charge in [0.15, 0.2) is 5.82 Å². The average Bonchev–Trinajstić information content (AvgIpc) is 3.03. The van der Waals surface area contributed by atoms with Crippen molar-refractivity contribution in [3.63, 3.8) is 0 Å². The van der Waals surface area contributed by atoms with Crippen molar-refractivity contribution in [1.82, 2.24) is 24.7 Å². The van der Waals surface area contributed by atoms with Crippen LogP contribution in [0.2, 0.25) is 0 Å². The van der Waals surface area contributed by atoms with Gasteiger partial charge in [-0.05, 0) is 32.0 Å². The second kappa shape index (κ2) is 6.49. The lowest BCUT2D eigenvalue weighted by atomic mass is 10.1. The highest BCUT2D eigenvalue weighted by molar-refractivity contribution is 5.59. The Kier molecular flexibility index (Phi) is 4.26. The molecule has 0 amide bonds. The molecule has 3 aromatic rings. The number of nitrogens with zero attached hydrogens (tertiary/aromatic N) is 5. The summed E-state index contributed by atoms with van der Waals surface area (Å²) >= 11 is 0. The molecule has 0 aliphatic carbocycles. The van der Waals surface area contributed by atoms with Crippen molar-refractivity contribution in [1.29, 1.82) is 0 Å². The van der Waals surface area contributed by atoms with E-state index in [1.54, 1.807) is 6.20 Å². The van der Waals surface area contributed by atoms with E-state index in [1.807, 2.05) is 6.07 Å². The fourth-order valence-electron chi connectivity index (χ4n) is 3.48. The molecule has 0 aromatic carbocycles. The number of anilines is 1. The molecule has 1 N–H and O–H groups in total. The zero-order valence-electron chi connectivity index (χ0n) is 14.9. The van der Waals surface area contributed by atoms with E-state index in [-0.39, 0.29) is 0 Å². The molecular weight excluding hydrogens is 357 g/mol. The van der Waals surface area contributed by atoms with Crippen molar-refractivity contribution in [2.24, 2.45) is 0 Å². The predicted molar refractivity (Wildman–Crippen MR) is 95.5 cm³/mol. The number of hydrogen-bond acceptors (Lipinski definition) is 5. The molecule has 2 atom stereocenters. The second-order valence-electron chi connectivity index (χ2n) is 6.90. The van der Waals surface area contributed by atoms with Crippen LogP contribution in [0.15, 0.2) is 36.8 Å². The summed E-state index contributed by atoms with van der Waals surface area (Å²) in [6.07, 6.45) is -0.270. The highest BCUT2D eigenvalue weighted by atomic mass is 19.4. The SMILES string of the molecule is CC1CN(c2ccnc(-c3cnc4ccc(C(F)(F)F)cn34)n2)CC(C)N1. The summed E-state index contributed by atoms with van der Waals surface area (Å²) in [4.78, 5) is 15.2. The molecule has 1 saturated heterocycles. The number of nitrogens with one attached hydrogen (secondary N) is 1. The Balaban J connectivity index is 1.74. The Morgan fingerprint density at radius 3 is 2.52 bits per heavy atom. The summed E-state index contributed by atoms with van der Waals surface area (Å²) < 4.78 is 40.6. The largest absolute Gasteiger partial charge is 0.417 e. The van der Waals surface area contributed by atoms with E-state index >= 15 is 0 Å². The van der Waals surface area contributed by atoms with Crippen molar-refractivity contribution in [2.75, 3.05) is 18.0 Å². The van der Waals surface area contributed by atoms with Crippen LogP contribution < -0.4 is 10.2 Å². The Bertz CT molecular complexity index is 957. The molecule has 4 heterocycles. The molecule has 0 saturated carbocycles. The molecular formula is C18H19F3N6. The number of alkyl halides is 3. The summed E-state index contributed by atoms with van der Waals surface area (Å²) in [6, 6.07) is 4.82. The number of piperazine rings is 1. The first-order valence-electron chi connectivity index (χ1n) is 8.70. The van der Waals surface area contributed by atoms with Crippen molar-refractivity contribution in [2.45, 2.75) is 32.1 Å². The molecule has 1 aliphatic rings. The number of aromatic nitrogens is 4. The lowest BCUT2D eigenvalue weighted by molar-refractivity contribution is -0.137. The number of pyridine rings is 1. The monoisotopic (exact) mass is 376 g/mol. The van der Waals surface area contributed by atoms with Gasteiger partial charge in [0.25, 0.3) is 0 Å². The maximum atomic E-state index is 13.1. The van der Waals surface area contributed by atoms with Crippen molar-refractivity contribution < 1.29 is 13.2 Å². The zero-order chi connectivity index (χ0) is 19.2. The summed E-state index contributed by atoms with van der Waals surface area (Å²) in [5, 5.41) is 3.46. The van der Waals surface area contributed by atoms with E-state index in [9.17, 15) is 13.2 Å². The second-order valence-corrected chi connectivity index (χ2v) is 6.90. The quantitative estimate of drug-likeness (QED) is 0.745. The predicted octanol–water partition coefficient (Wildman–Crippen LogP) is 3.00. The molecule has 27 heavy (non-hydrogen) atoms. The summed E-state index contributed by atoms with van der Waals surface area (Å²) in [5.74, 6) is 1.10. The van der Waals surface area contributed by atoms with Crippen molar-refractivity contribution >= 4 is 11.5 Å². The number of rotatable bonds is 2. The maximum Gasteiger partial charge on any atom is 0.417 e. The third-order valence-corrected chi connectivity index (χ3v) is 4.58. The van der Waals surface area contributed by atoms with E-state index in [4.69, 9.17) is 0 Å². The molecule has 9 heteroatoms. The lowest BCUT2D eigenvalue weighted by Gasteiger charge is -2.36. The molecule has 6 nitrogen and oxygen atoms in total. The van der Waals surface area contributed by atoms with Crippen LogP contribution in [0.4, 0.5) is 19.0 Å². The minimum Gasteiger partial charge on any atom is -0.353 e. The van der Waals surface area contributed by atoms with Gasteiger partial charge in [0.2, 0.25) is 0 Å². The van der Waals surface area contributed by atoms with Crippen LogP contribution in [0.1, 0.15) is 19.4 Å². The molecule has 0 radical (unpaired) electrons.